The Kier molecular flexibility index (Phi) is 7.06. The zero-order chi connectivity index (χ0) is 15.8. The lowest BCUT2D eigenvalue weighted by Gasteiger charge is -2.16. The summed E-state index contributed by atoms with van der Waals surface area (Å²) >= 11 is 0. The largest absolute Gasteiger partial charge is 0.341 e. The van der Waals surface area contributed by atoms with Crippen molar-refractivity contribution in [3.63, 3.8) is 0 Å². The van der Waals surface area contributed by atoms with Gasteiger partial charge >= 0.3 is 0 Å². The summed E-state index contributed by atoms with van der Waals surface area (Å²) in [6, 6.07) is 0. The van der Waals surface area contributed by atoms with E-state index < -0.39 is 0 Å². The predicted octanol–water partition coefficient (Wildman–Crippen LogP) is -0.335. The van der Waals surface area contributed by atoms with Crippen LogP contribution in [0.2, 0.25) is 0 Å². The minimum Gasteiger partial charge on any atom is -0.341 e. The van der Waals surface area contributed by atoms with E-state index in [1.807, 2.05) is 57.0 Å². The van der Waals surface area contributed by atoms with Crippen molar-refractivity contribution in [1.29, 1.82) is 0 Å². The number of hydrogen-bond acceptors (Lipinski definition) is 9. The van der Waals surface area contributed by atoms with Crippen LogP contribution in [0, 0.1) is 0 Å². The van der Waals surface area contributed by atoms with Crippen molar-refractivity contribution in [2.75, 3.05) is 78.2 Å². The number of rotatable bonds is 9. The predicted molar refractivity (Wildman–Crippen MR) is 86.4 cm³/mol. The van der Waals surface area contributed by atoms with Gasteiger partial charge in [-0.1, -0.05) is 0 Å². The van der Waals surface area contributed by atoms with E-state index >= 15 is 0 Å². The molecule has 1 rings (SSSR count). The molecule has 1 aromatic heterocycles. The lowest BCUT2D eigenvalue weighted by molar-refractivity contribution is 0.435. The highest BCUT2D eigenvalue weighted by molar-refractivity contribution is 5.41. The monoisotopic (exact) mass is 297 g/mol. The summed E-state index contributed by atoms with van der Waals surface area (Å²) in [6.07, 6.45) is 0. The molecule has 0 aliphatic rings. The highest BCUT2D eigenvalue weighted by Gasteiger charge is 2.07. The third-order valence-electron chi connectivity index (χ3n) is 2.30. The smallest absolute Gasteiger partial charge is 0.230 e. The van der Waals surface area contributed by atoms with Crippen molar-refractivity contribution in [3.05, 3.63) is 0 Å². The maximum absolute atomic E-state index is 4.35. The molecule has 0 radical (unpaired) electrons. The highest BCUT2D eigenvalue weighted by Crippen LogP contribution is 2.09. The lowest BCUT2D eigenvalue weighted by Crippen LogP contribution is -2.25. The van der Waals surface area contributed by atoms with Gasteiger partial charge in [0, 0.05) is 0 Å². The van der Waals surface area contributed by atoms with Gasteiger partial charge in [-0.05, 0) is 42.3 Å². The van der Waals surface area contributed by atoms with Gasteiger partial charge in [-0.15, -0.1) is 0 Å². The van der Waals surface area contributed by atoms with Crippen molar-refractivity contribution < 1.29 is 0 Å². The Hall–Kier alpha value is -1.71. The van der Waals surface area contributed by atoms with Crippen molar-refractivity contribution in [1.82, 2.24) is 29.7 Å². The molecule has 0 aliphatic heterocycles. The Morgan fingerprint density at radius 3 is 1.00 bits per heavy atom. The van der Waals surface area contributed by atoms with Crippen LogP contribution >= 0.6 is 0 Å². The van der Waals surface area contributed by atoms with E-state index in [1.165, 1.54) is 0 Å². The summed E-state index contributed by atoms with van der Waals surface area (Å²) in [6.45, 7) is 1.97. The Balaban J connectivity index is 2.79. The van der Waals surface area contributed by atoms with Crippen molar-refractivity contribution >= 4 is 17.8 Å². The summed E-state index contributed by atoms with van der Waals surface area (Å²) in [7, 11) is 11.9. The molecule has 9 nitrogen and oxygen atoms in total. The van der Waals surface area contributed by atoms with Crippen LogP contribution < -0.4 is 16.0 Å². The number of aromatic nitrogens is 3. The summed E-state index contributed by atoms with van der Waals surface area (Å²) in [5, 5.41) is 9.47. The first kappa shape index (κ1) is 17.3. The molecule has 3 N–H and O–H groups in total. The van der Waals surface area contributed by atoms with E-state index in [4.69, 9.17) is 0 Å². The lowest BCUT2D eigenvalue weighted by atomic mass is 10.7. The average molecular weight is 297 g/mol. The SMILES string of the molecule is CN(C)CNc1nc(NCN(C)C)nc(NCN(C)C)n1. The van der Waals surface area contributed by atoms with Crippen LogP contribution in [0.5, 0.6) is 0 Å². The average Bonchev–Trinajstić information content (AvgIpc) is 2.40. The number of nitrogens with one attached hydrogen (secondary N) is 3. The quantitative estimate of drug-likeness (QED) is 0.530. The van der Waals surface area contributed by atoms with E-state index in [0.717, 1.165) is 0 Å². The molecule has 1 aromatic rings. The van der Waals surface area contributed by atoms with Gasteiger partial charge in [0.1, 0.15) is 0 Å². The summed E-state index contributed by atoms with van der Waals surface area (Å²) in [5.41, 5.74) is 0. The summed E-state index contributed by atoms with van der Waals surface area (Å²) in [4.78, 5) is 19.1. The van der Waals surface area contributed by atoms with E-state index in [1.54, 1.807) is 0 Å². The van der Waals surface area contributed by atoms with Gasteiger partial charge in [0.25, 0.3) is 0 Å². The summed E-state index contributed by atoms with van der Waals surface area (Å²) in [5.74, 6) is 1.63. The molecule has 0 unspecified atom stereocenters. The normalized spacial score (nSPS) is 11.3. The fourth-order valence-electron chi connectivity index (χ4n) is 1.30. The van der Waals surface area contributed by atoms with Crippen molar-refractivity contribution in [3.8, 4) is 0 Å². The first-order valence-corrected chi connectivity index (χ1v) is 6.78. The Morgan fingerprint density at radius 2 is 0.810 bits per heavy atom. The van der Waals surface area contributed by atoms with Gasteiger partial charge < -0.3 is 16.0 Å². The fraction of sp³-hybridized carbons (Fsp3) is 0.750. The van der Waals surface area contributed by atoms with Crippen LogP contribution in [0.15, 0.2) is 0 Å². The van der Waals surface area contributed by atoms with Crippen molar-refractivity contribution in [2.24, 2.45) is 0 Å². The molecule has 0 amide bonds. The molecular weight excluding hydrogens is 270 g/mol. The molecule has 120 valence electrons. The minimum absolute atomic E-state index is 0.543. The second-order valence-corrected chi connectivity index (χ2v) is 5.55. The summed E-state index contributed by atoms with van der Waals surface area (Å²) < 4.78 is 0. The van der Waals surface area contributed by atoms with Gasteiger partial charge in [-0.2, -0.15) is 15.0 Å². The van der Waals surface area contributed by atoms with Crippen LogP contribution in [0.3, 0.4) is 0 Å². The molecule has 21 heavy (non-hydrogen) atoms. The molecule has 9 heteroatoms. The van der Waals surface area contributed by atoms with Crippen molar-refractivity contribution in [2.45, 2.75) is 0 Å². The molecule has 0 saturated heterocycles. The first-order valence-electron chi connectivity index (χ1n) is 6.78. The maximum Gasteiger partial charge on any atom is 0.230 e. The zero-order valence-electron chi connectivity index (χ0n) is 13.8. The number of hydrogen-bond donors (Lipinski definition) is 3. The van der Waals surface area contributed by atoms with Crippen LogP contribution in [0.25, 0.3) is 0 Å². The Morgan fingerprint density at radius 1 is 0.571 bits per heavy atom. The second-order valence-electron chi connectivity index (χ2n) is 5.55. The molecule has 0 fully saturated rings. The van der Waals surface area contributed by atoms with Gasteiger partial charge in [-0.3, -0.25) is 14.7 Å². The minimum atomic E-state index is 0.543. The maximum atomic E-state index is 4.35. The molecule has 0 saturated carbocycles. The van der Waals surface area contributed by atoms with E-state index in [9.17, 15) is 0 Å². The van der Waals surface area contributed by atoms with Crippen LogP contribution in [-0.2, 0) is 0 Å². The van der Waals surface area contributed by atoms with Gasteiger partial charge in [-0.25, -0.2) is 0 Å². The van der Waals surface area contributed by atoms with Gasteiger partial charge in [0.2, 0.25) is 17.8 Å². The van der Waals surface area contributed by atoms with Gasteiger partial charge in [0.05, 0.1) is 20.0 Å². The van der Waals surface area contributed by atoms with E-state index in [2.05, 4.69) is 30.9 Å². The van der Waals surface area contributed by atoms with Crippen LogP contribution in [0.1, 0.15) is 0 Å². The molecule has 1 heterocycles. The number of nitrogens with zero attached hydrogens (tertiary/aromatic N) is 6. The second kappa shape index (κ2) is 8.55. The van der Waals surface area contributed by atoms with E-state index in [-0.39, 0.29) is 0 Å². The fourth-order valence-corrected chi connectivity index (χ4v) is 1.30. The molecule has 0 atom stereocenters. The Bertz CT molecular complexity index is 345. The van der Waals surface area contributed by atoms with Crippen LogP contribution in [-0.4, -0.2) is 91.9 Å². The molecule has 0 aromatic carbocycles. The van der Waals surface area contributed by atoms with E-state index in [0.29, 0.717) is 37.9 Å². The molecule has 0 aliphatic carbocycles. The molecule has 0 spiro atoms. The third kappa shape index (κ3) is 7.59. The highest BCUT2D eigenvalue weighted by atomic mass is 15.3. The molecule has 0 bridgehead atoms. The standard InChI is InChI=1S/C12H27N9/c1-19(2)7-13-10-16-11(14-8-20(3)4)18-12(17-10)15-9-21(5)6/h7-9H2,1-6H3,(H3,13,14,15,16,17,18). The Labute approximate surface area is 126 Å². The third-order valence-corrected chi connectivity index (χ3v) is 2.30. The topological polar surface area (TPSA) is 84.5 Å². The number of anilines is 3. The zero-order valence-corrected chi connectivity index (χ0v) is 13.8. The van der Waals surface area contributed by atoms with Crippen LogP contribution in [0.4, 0.5) is 17.8 Å². The first-order chi connectivity index (χ1) is 9.86. The molecular formula is C12H27N9. The van der Waals surface area contributed by atoms with Gasteiger partial charge in [0.15, 0.2) is 0 Å².